The Labute approximate surface area is 131 Å². The van der Waals surface area contributed by atoms with Gasteiger partial charge in [0.1, 0.15) is 18.2 Å². The van der Waals surface area contributed by atoms with Gasteiger partial charge in [0.15, 0.2) is 0 Å². The number of rotatable bonds is 4. The maximum atomic E-state index is 13.1. The van der Waals surface area contributed by atoms with Crippen LogP contribution in [0.25, 0.3) is 10.9 Å². The summed E-state index contributed by atoms with van der Waals surface area (Å²) in [6, 6.07) is 12.6. The predicted molar refractivity (Wildman–Crippen MR) is 82.6 cm³/mol. The molecule has 0 saturated heterocycles. The smallest absolute Gasteiger partial charge is 0.261 e. The molecule has 23 heavy (non-hydrogen) atoms. The van der Waals surface area contributed by atoms with Crippen LogP contribution >= 0.6 is 0 Å². The van der Waals surface area contributed by atoms with Gasteiger partial charge in [0.05, 0.1) is 35.4 Å². The molecule has 0 aliphatic carbocycles. The van der Waals surface area contributed by atoms with E-state index in [4.69, 9.17) is 10.00 Å². The molecule has 0 bridgehead atoms. The average Bonchev–Trinajstić information content (AvgIpc) is 2.57. The minimum atomic E-state index is -0.425. The molecule has 114 valence electrons. The van der Waals surface area contributed by atoms with E-state index in [0.29, 0.717) is 28.8 Å². The van der Waals surface area contributed by atoms with Gasteiger partial charge in [0, 0.05) is 6.07 Å². The van der Waals surface area contributed by atoms with Gasteiger partial charge in [-0.1, -0.05) is 0 Å². The molecule has 3 rings (SSSR count). The standard InChI is InChI=1S/C17H12FN3O2/c18-13-3-6-15-16(9-13)20-11-21(17(15)22)7-8-23-14-4-1-12(10-19)2-5-14/h1-6,9,11H,7-8H2. The van der Waals surface area contributed by atoms with E-state index < -0.39 is 5.82 Å². The van der Waals surface area contributed by atoms with E-state index in [1.807, 2.05) is 6.07 Å². The molecule has 0 radical (unpaired) electrons. The van der Waals surface area contributed by atoms with Crippen molar-refractivity contribution in [3.8, 4) is 11.8 Å². The fraction of sp³-hybridized carbons (Fsp3) is 0.118. The van der Waals surface area contributed by atoms with Crippen molar-refractivity contribution in [3.63, 3.8) is 0 Å². The predicted octanol–water partition coefficient (Wildman–Crippen LogP) is 2.49. The lowest BCUT2D eigenvalue weighted by atomic mass is 10.2. The van der Waals surface area contributed by atoms with Crippen molar-refractivity contribution in [2.75, 3.05) is 6.61 Å². The second-order valence-corrected chi connectivity index (χ2v) is 4.89. The number of nitriles is 1. The van der Waals surface area contributed by atoms with Crippen LogP contribution < -0.4 is 10.3 Å². The van der Waals surface area contributed by atoms with Crippen molar-refractivity contribution >= 4 is 10.9 Å². The zero-order chi connectivity index (χ0) is 16.2. The van der Waals surface area contributed by atoms with Crippen molar-refractivity contribution in [2.24, 2.45) is 0 Å². The molecule has 1 heterocycles. The number of ether oxygens (including phenoxy) is 1. The van der Waals surface area contributed by atoms with Crippen LogP contribution in [0.2, 0.25) is 0 Å². The molecule has 0 spiro atoms. The molecular weight excluding hydrogens is 297 g/mol. The Hall–Kier alpha value is -3.20. The number of hydrogen-bond donors (Lipinski definition) is 0. The molecule has 0 aliphatic rings. The number of benzene rings is 2. The molecule has 1 aromatic heterocycles. The Kier molecular flexibility index (Phi) is 4.02. The molecule has 0 aliphatic heterocycles. The SMILES string of the molecule is N#Cc1ccc(OCCn2cnc3cc(F)ccc3c2=O)cc1. The third-order valence-electron chi connectivity index (χ3n) is 3.37. The highest BCUT2D eigenvalue weighted by atomic mass is 19.1. The summed E-state index contributed by atoms with van der Waals surface area (Å²) in [7, 11) is 0. The highest BCUT2D eigenvalue weighted by molar-refractivity contribution is 5.77. The van der Waals surface area contributed by atoms with Crippen molar-refractivity contribution in [3.05, 3.63) is 70.5 Å². The first-order valence-corrected chi connectivity index (χ1v) is 6.95. The van der Waals surface area contributed by atoms with E-state index in [-0.39, 0.29) is 12.2 Å². The normalized spacial score (nSPS) is 10.4. The number of aromatic nitrogens is 2. The van der Waals surface area contributed by atoms with Gasteiger partial charge in [-0.2, -0.15) is 5.26 Å². The van der Waals surface area contributed by atoms with Gasteiger partial charge >= 0.3 is 0 Å². The first-order chi connectivity index (χ1) is 11.2. The quantitative estimate of drug-likeness (QED) is 0.742. The molecule has 0 N–H and O–H groups in total. The lowest BCUT2D eigenvalue weighted by Crippen LogP contribution is -2.23. The molecular formula is C17H12FN3O2. The summed E-state index contributed by atoms with van der Waals surface area (Å²) in [6.07, 6.45) is 1.38. The van der Waals surface area contributed by atoms with Gasteiger partial charge < -0.3 is 4.74 Å². The summed E-state index contributed by atoms with van der Waals surface area (Å²) in [4.78, 5) is 16.4. The highest BCUT2D eigenvalue weighted by Crippen LogP contribution is 2.12. The monoisotopic (exact) mass is 309 g/mol. The Balaban J connectivity index is 1.72. The largest absolute Gasteiger partial charge is 0.492 e. The first-order valence-electron chi connectivity index (χ1n) is 6.95. The van der Waals surface area contributed by atoms with Crippen molar-refractivity contribution in [1.82, 2.24) is 9.55 Å². The lowest BCUT2D eigenvalue weighted by Gasteiger charge is -2.08. The zero-order valence-electron chi connectivity index (χ0n) is 12.1. The summed E-state index contributed by atoms with van der Waals surface area (Å²) < 4.78 is 20.1. The fourth-order valence-corrected chi connectivity index (χ4v) is 2.18. The molecule has 0 unspecified atom stereocenters. The van der Waals surface area contributed by atoms with Gasteiger partial charge in [-0.15, -0.1) is 0 Å². The van der Waals surface area contributed by atoms with Gasteiger partial charge in [0.2, 0.25) is 0 Å². The van der Waals surface area contributed by atoms with Crippen LogP contribution in [0.1, 0.15) is 5.56 Å². The van der Waals surface area contributed by atoms with E-state index in [1.165, 1.54) is 29.1 Å². The number of halogens is 1. The molecule has 0 fully saturated rings. The summed E-state index contributed by atoms with van der Waals surface area (Å²) >= 11 is 0. The van der Waals surface area contributed by atoms with Crippen LogP contribution in [0.5, 0.6) is 5.75 Å². The van der Waals surface area contributed by atoms with Crippen LogP contribution in [0, 0.1) is 17.1 Å². The average molecular weight is 309 g/mol. The minimum Gasteiger partial charge on any atom is -0.492 e. The number of hydrogen-bond acceptors (Lipinski definition) is 4. The molecule has 0 saturated carbocycles. The molecule has 6 heteroatoms. The van der Waals surface area contributed by atoms with Gasteiger partial charge in [-0.25, -0.2) is 9.37 Å². The molecule has 5 nitrogen and oxygen atoms in total. The number of nitrogens with zero attached hydrogens (tertiary/aromatic N) is 3. The topological polar surface area (TPSA) is 67.9 Å². The maximum Gasteiger partial charge on any atom is 0.261 e. The van der Waals surface area contributed by atoms with Crippen molar-refractivity contribution in [2.45, 2.75) is 6.54 Å². The Bertz CT molecular complexity index is 943. The van der Waals surface area contributed by atoms with Crippen LogP contribution in [-0.4, -0.2) is 16.2 Å². The summed E-state index contributed by atoms with van der Waals surface area (Å²) in [6.45, 7) is 0.597. The van der Waals surface area contributed by atoms with Gasteiger partial charge in [-0.05, 0) is 36.4 Å². The van der Waals surface area contributed by atoms with Gasteiger partial charge in [-0.3, -0.25) is 9.36 Å². The highest BCUT2D eigenvalue weighted by Gasteiger charge is 2.05. The summed E-state index contributed by atoms with van der Waals surface area (Å²) in [5.41, 5.74) is 0.650. The summed E-state index contributed by atoms with van der Waals surface area (Å²) in [5, 5.41) is 9.10. The van der Waals surface area contributed by atoms with E-state index in [2.05, 4.69) is 4.98 Å². The number of fused-ring (bicyclic) bond motifs is 1. The maximum absolute atomic E-state index is 13.1. The van der Waals surface area contributed by atoms with Crippen molar-refractivity contribution in [1.29, 1.82) is 5.26 Å². The van der Waals surface area contributed by atoms with E-state index in [1.54, 1.807) is 24.3 Å². The molecule has 2 aromatic carbocycles. The fourth-order valence-electron chi connectivity index (χ4n) is 2.18. The van der Waals surface area contributed by atoms with Gasteiger partial charge in [0.25, 0.3) is 5.56 Å². The Morgan fingerprint density at radius 3 is 2.74 bits per heavy atom. The van der Waals surface area contributed by atoms with Crippen LogP contribution in [0.3, 0.4) is 0 Å². The lowest BCUT2D eigenvalue weighted by molar-refractivity contribution is 0.296. The van der Waals surface area contributed by atoms with Crippen molar-refractivity contribution < 1.29 is 9.13 Å². The summed E-state index contributed by atoms with van der Waals surface area (Å²) in [5.74, 6) is 0.194. The van der Waals surface area contributed by atoms with Crippen LogP contribution in [0.15, 0.2) is 53.6 Å². The van der Waals surface area contributed by atoms with E-state index >= 15 is 0 Å². The first kappa shape index (κ1) is 14.7. The second-order valence-electron chi connectivity index (χ2n) is 4.89. The molecule has 0 amide bonds. The Morgan fingerprint density at radius 2 is 2.00 bits per heavy atom. The van der Waals surface area contributed by atoms with Crippen LogP contribution in [0.4, 0.5) is 4.39 Å². The molecule has 3 aromatic rings. The third kappa shape index (κ3) is 3.19. The minimum absolute atomic E-state index is 0.238. The Morgan fingerprint density at radius 1 is 1.22 bits per heavy atom. The third-order valence-corrected chi connectivity index (χ3v) is 3.37. The van der Waals surface area contributed by atoms with E-state index in [9.17, 15) is 9.18 Å². The zero-order valence-corrected chi connectivity index (χ0v) is 12.1. The second kappa shape index (κ2) is 6.28. The van der Waals surface area contributed by atoms with Crippen LogP contribution in [-0.2, 0) is 6.54 Å². The molecule has 0 atom stereocenters. The van der Waals surface area contributed by atoms with E-state index in [0.717, 1.165) is 0 Å².